The van der Waals surface area contributed by atoms with E-state index in [1.807, 2.05) is 49.2 Å². The normalized spacial score (nSPS) is 36.4. The minimum absolute atomic E-state index is 0.173. The Labute approximate surface area is 338 Å². The lowest BCUT2D eigenvalue weighted by molar-refractivity contribution is -0.218. The smallest absolute Gasteiger partial charge is 0.342 e. The number of fused-ring (bicyclic) bond motifs is 6. The van der Waals surface area contributed by atoms with E-state index in [1.54, 1.807) is 7.11 Å². The highest BCUT2D eigenvalue weighted by Gasteiger charge is 2.79. The number of hydrogen-bond acceptors (Lipinski definition) is 10. The lowest BCUT2D eigenvalue weighted by Gasteiger charge is -2.63. The second-order valence-corrected chi connectivity index (χ2v) is 18.1. The Morgan fingerprint density at radius 2 is 1.79 bits per heavy atom. The molecule has 1 aliphatic carbocycles. The summed E-state index contributed by atoms with van der Waals surface area (Å²) in [6, 6.07) is 8.86. The quantitative estimate of drug-likeness (QED) is 0.220. The van der Waals surface area contributed by atoms with Crippen LogP contribution in [-0.4, -0.2) is 121 Å². The van der Waals surface area contributed by atoms with Crippen molar-refractivity contribution in [3.8, 4) is 5.75 Å². The lowest BCUT2D eigenvalue weighted by Crippen LogP contribution is -2.80. The SMILES string of the molecule is CCc1ccc2[nH]c3c(c2c1)CN1CC(C(C)(F)F)C[C@@H](C1)C[C@]3(C(=O)OC)c1cc2c(cc1OC)N(C)[C@H]1[C@@](O)(C(=O)OC)[C@H](O)[C@]3(CC)C=CCN4CC[C@]21[C@@H]43. The monoisotopic (exact) mass is 802 g/mol. The summed E-state index contributed by atoms with van der Waals surface area (Å²) in [6.07, 6.45) is 4.68. The van der Waals surface area contributed by atoms with E-state index >= 15 is 13.6 Å². The first kappa shape index (κ1) is 39.4. The van der Waals surface area contributed by atoms with Crippen LogP contribution in [0.15, 0.2) is 42.5 Å². The molecule has 3 N–H and O–H groups in total. The molecule has 11 nitrogen and oxygen atoms in total. The number of aliphatic hydroxyl groups excluding tert-OH is 1. The van der Waals surface area contributed by atoms with Gasteiger partial charge in [0.1, 0.15) is 17.3 Å². The molecule has 1 spiro atoms. The van der Waals surface area contributed by atoms with Crippen LogP contribution in [0.4, 0.5) is 14.5 Å². The predicted octanol–water partition coefficient (Wildman–Crippen LogP) is 5.07. The summed E-state index contributed by atoms with van der Waals surface area (Å²) in [7, 11) is 5.98. The van der Waals surface area contributed by atoms with Gasteiger partial charge in [-0.3, -0.25) is 14.6 Å². The van der Waals surface area contributed by atoms with Gasteiger partial charge in [0.05, 0.1) is 27.4 Å². The topological polar surface area (TPSA) is 128 Å². The number of esters is 2. The number of H-pyrrole nitrogens is 1. The molecule has 6 aliphatic rings. The number of methoxy groups -OCH3 is 3. The molecule has 9 rings (SSSR count). The summed E-state index contributed by atoms with van der Waals surface area (Å²) in [5.41, 5.74) is -0.307. The van der Waals surface area contributed by atoms with Crippen molar-refractivity contribution in [3.63, 3.8) is 0 Å². The Morgan fingerprint density at radius 3 is 2.47 bits per heavy atom. The maximum absolute atomic E-state index is 15.4. The van der Waals surface area contributed by atoms with E-state index in [0.717, 1.165) is 40.9 Å². The van der Waals surface area contributed by atoms with Crippen molar-refractivity contribution in [2.75, 3.05) is 59.5 Å². The van der Waals surface area contributed by atoms with Crippen LogP contribution >= 0.6 is 0 Å². The fourth-order valence-electron chi connectivity index (χ4n) is 13.2. The van der Waals surface area contributed by atoms with Crippen LogP contribution in [0.5, 0.6) is 5.75 Å². The Morgan fingerprint density at radius 1 is 1.03 bits per heavy atom. The fraction of sp³-hybridized carbons (Fsp3) is 0.600. The summed E-state index contributed by atoms with van der Waals surface area (Å²) in [4.78, 5) is 39.3. The number of anilines is 1. The first-order chi connectivity index (χ1) is 27.6. The van der Waals surface area contributed by atoms with Crippen molar-refractivity contribution < 1.29 is 42.8 Å². The fourth-order valence-corrected chi connectivity index (χ4v) is 13.2. The molecule has 312 valence electrons. The number of ether oxygens (including phenoxy) is 3. The molecule has 10 atom stereocenters. The second-order valence-electron chi connectivity index (χ2n) is 18.1. The molecule has 58 heavy (non-hydrogen) atoms. The van der Waals surface area contributed by atoms with Gasteiger partial charge >= 0.3 is 11.9 Å². The Bertz CT molecular complexity index is 2220. The zero-order valence-electron chi connectivity index (χ0n) is 34.5. The molecule has 5 aliphatic heterocycles. The van der Waals surface area contributed by atoms with E-state index in [1.165, 1.54) is 14.2 Å². The zero-order valence-corrected chi connectivity index (χ0v) is 34.5. The number of nitrogens with zero attached hydrogens (tertiary/aromatic N) is 3. The van der Waals surface area contributed by atoms with Crippen LogP contribution in [0.2, 0.25) is 0 Å². The number of alkyl halides is 2. The van der Waals surface area contributed by atoms with Crippen molar-refractivity contribution >= 4 is 28.5 Å². The molecule has 2 unspecified atom stereocenters. The Balaban J connectivity index is 1.36. The van der Waals surface area contributed by atoms with Gasteiger partial charge in [-0.25, -0.2) is 13.6 Å². The van der Waals surface area contributed by atoms with Gasteiger partial charge in [-0.15, -0.1) is 0 Å². The number of rotatable bonds is 7. The van der Waals surface area contributed by atoms with E-state index in [2.05, 4.69) is 33.8 Å². The summed E-state index contributed by atoms with van der Waals surface area (Å²) in [5.74, 6) is -5.21. The van der Waals surface area contributed by atoms with Crippen LogP contribution < -0.4 is 9.64 Å². The molecule has 0 amide bonds. The van der Waals surface area contributed by atoms with E-state index in [4.69, 9.17) is 14.2 Å². The molecule has 3 aromatic rings. The number of hydrogen-bond donors (Lipinski definition) is 3. The van der Waals surface area contributed by atoms with Crippen molar-refractivity contribution in [2.24, 2.45) is 17.3 Å². The molecule has 2 saturated heterocycles. The molecule has 1 saturated carbocycles. The number of carbonyl (C=O) groups is 2. The maximum Gasteiger partial charge on any atom is 0.342 e. The molecular weight excluding hydrogens is 747 g/mol. The van der Waals surface area contributed by atoms with Gasteiger partial charge < -0.3 is 34.3 Å². The largest absolute Gasteiger partial charge is 0.496 e. The molecule has 2 aromatic carbocycles. The number of aromatic nitrogens is 1. The van der Waals surface area contributed by atoms with Crippen LogP contribution in [0.3, 0.4) is 0 Å². The number of benzene rings is 2. The van der Waals surface area contributed by atoms with Gasteiger partial charge in [-0.05, 0) is 86.4 Å². The number of carbonyl (C=O) groups excluding carboxylic acids is 2. The van der Waals surface area contributed by atoms with Crippen LogP contribution in [0.25, 0.3) is 10.9 Å². The van der Waals surface area contributed by atoms with Gasteiger partial charge in [0.15, 0.2) is 0 Å². The minimum atomic E-state index is -2.93. The molecule has 13 heteroatoms. The number of nitrogens with one attached hydrogen (secondary N) is 1. The molecule has 0 radical (unpaired) electrons. The summed E-state index contributed by atoms with van der Waals surface area (Å²) in [5, 5.41) is 26.3. The first-order valence-electron chi connectivity index (χ1n) is 20.8. The Hall–Kier alpha value is -4.04. The summed E-state index contributed by atoms with van der Waals surface area (Å²) in [6.45, 7) is 7.47. The number of piperidine rings is 1. The average Bonchev–Trinajstić information content (AvgIpc) is 3.86. The van der Waals surface area contributed by atoms with Crippen molar-refractivity contribution in [3.05, 3.63) is 70.4 Å². The van der Waals surface area contributed by atoms with Crippen LogP contribution in [0.1, 0.15) is 74.4 Å². The van der Waals surface area contributed by atoms with E-state index < -0.39 is 57.8 Å². The highest BCUT2D eigenvalue weighted by Crippen LogP contribution is 2.68. The van der Waals surface area contributed by atoms with Crippen molar-refractivity contribution in [2.45, 2.75) is 100.0 Å². The third-order valence-electron chi connectivity index (χ3n) is 15.6. The van der Waals surface area contributed by atoms with E-state index in [9.17, 15) is 15.0 Å². The van der Waals surface area contributed by atoms with E-state index in [0.29, 0.717) is 61.7 Å². The van der Waals surface area contributed by atoms with Gasteiger partial charge in [0, 0.05) is 89.9 Å². The van der Waals surface area contributed by atoms with Gasteiger partial charge in [-0.2, -0.15) is 0 Å². The Kier molecular flexibility index (Phi) is 8.99. The molecule has 3 fully saturated rings. The highest BCUT2D eigenvalue weighted by molar-refractivity contribution is 5.95. The number of likely N-dealkylation sites (N-methyl/N-ethyl adjacent to an activating group) is 1. The number of aryl methyl sites for hydroxylation is 1. The zero-order chi connectivity index (χ0) is 41.3. The number of aromatic amines is 1. The number of aliphatic hydroxyl groups is 2. The van der Waals surface area contributed by atoms with Crippen molar-refractivity contribution in [1.82, 2.24) is 14.8 Å². The number of halogens is 2. The molecule has 2 bridgehead atoms. The molecule has 1 aromatic heterocycles. The van der Waals surface area contributed by atoms with Gasteiger partial charge in [0.2, 0.25) is 11.5 Å². The minimum Gasteiger partial charge on any atom is -0.496 e. The maximum atomic E-state index is 15.4. The predicted molar refractivity (Wildman–Crippen MR) is 214 cm³/mol. The van der Waals surface area contributed by atoms with Gasteiger partial charge in [0.25, 0.3) is 0 Å². The molecular formula is C45H56F2N4O7. The highest BCUT2D eigenvalue weighted by atomic mass is 19.3. The third-order valence-corrected chi connectivity index (χ3v) is 15.6. The summed E-state index contributed by atoms with van der Waals surface area (Å²) >= 11 is 0. The van der Waals surface area contributed by atoms with Gasteiger partial charge in [-0.1, -0.05) is 32.1 Å². The van der Waals surface area contributed by atoms with E-state index in [-0.39, 0.29) is 31.3 Å². The average molecular weight is 803 g/mol. The standard InChI is InChI=1S/C45H56F2N4O7/c1-8-25-11-12-32-28(18-25)29-24-50-22-26(17-27(23-50)41(3,46)47)21-44(35(29)48-32,39(53)57-6)31-19-30-33(20-34(31)56-5)49(4)37-43(30)14-16-51-15-10-13-42(9-2,36(43)51)38(52)45(37,55)40(54)58-7/h10-13,18-20,26-27,36-38,48,52,55H,8-9,14-17,21-24H2,1-7H3/t26-,27?,36+,37-,38-,42-,43-,44+,45+/m1/s1. The third kappa shape index (κ3) is 4.90. The van der Waals surface area contributed by atoms with Crippen molar-refractivity contribution in [1.29, 1.82) is 0 Å². The lowest BCUT2D eigenvalue weighted by atomic mass is 9.47. The van der Waals surface area contributed by atoms with Crippen LogP contribution in [0, 0.1) is 17.3 Å². The summed E-state index contributed by atoms with van der Waals surface area (Å²) < 4.78 is 48.2. The second kappa shape index (κ2) is 13.2. The van der Waals surface area contributed by atoms with Crippen LogP contribution in [-0.2, 0) is 42.9 Å². The molecule has 6 heterocycles. The first-order valence-corrected chi connectivity index (χ1v) is 20.8.